The van der Waals surface area contributed by atoms with Gasteiger partial charge in [0.05, 0.1) is 4.90 Å². The number of allylic oxidation sites excluding steroid dienone is 2. The van der Waals surface area contributed by atoms with Crippen LogP contribution < -0.4 is 0 Å². The summed E-state index contributed by atoms with van der Waals surface area (Å²) < 4.78 is 23.7. The van der Waals surface area contributed by atoms with E-state index in [0.717, 1.165) is 6.92 Å². The second kappa shape index (κ2) is 6.43. The third-order valence-corrected chi connectivity index (χ3v) is 3.89. The van der Waals surface area contributed by atoms with Crippen molar-refractivity contribution in [2.24, 2.45) is 0 Å². The van der Waals surface area contributed by atoms with Gasteiger partial charge in [0.25, 0.3) is 0 Å². The summed E-state index contributed by atoms with van der Waals surface area (Å²) in [7, 11) is -3.96. The fourth-order valence-corrected chi connectivity index (χ4v) is 2.43. The number of rotatable bonds is 2. The molecule has 0 aliphatic heterocycles. The minimum Gasteiger partial charge on any atom is -0.510 e. The van der Waals surface area contributed by atoms with Gasteiger partial charge in [0.1, 0.15) is 11.8 Å². The first-order valence-electron chi connectivity index (χ1n) is 4.20. The normalized spacial score (nSPS) is 12.1. The Bertz CT molecular complexity index is 569. The Morgan fingerprint density at radius 1 is 1.35 bits per heavy atom. The molecule has 1 aromatic rings. The number of sulfone groups is 1. The monoisotopic (exact) mass is 280 g/mol. The topological polar surface area (TPSA) is 78.2 Å². The standard InChI is InChI=1S/C10H8ClNO3S.Na/c1-7(13)10(6-12)16(14,15)9-4-2-8(11)3-5-9;/h2-5,13H,1H3;. The third kappa shape index (κ3) is 3.73. The molecule has 0 aliphatic rings. The van der Waals surface area contributed by atoms with Gasteiger partial charge in [0.2, 0.25) is 9.84 Å². The SMILES string of the molecule is CC(O)=C(C#N)S(=O)(=O)c1ccc(Cl)cc1.[Na]. The molecular formula is C10H8ClNNaO3S. The number of nitrogens with zero attached hydrogens (tertiary/aromatic N) is 1. The van der Waals surface area contributed by atoms with Crippen LogP contribution in [0.1, 0.15) is 6.92 Å². The Kier molecular flexibility index (Phi) is 6.24. The van der Waals surface area contributed by atoms with Crippen LogP contribution in [0.3, 0.4) is 0 Å². The van der Waals surface area contributed by atoms with E-state index in [1.165, 1.54) is 30.3 Å². The first kappa shape index (κ1) is 16.5. The van der Waals surface area contributed by atoms with Crippen LogP contribution in [-0.2, 0) is 9.84 Å². The van der Waals surface area contributed by atoms with Gasteiger partial charge < -0.3 is 5.11 Å². The summed E-state index contributed by atoms with van der Waals surface area (Å²) >= 11 is 5.62. The van der Waals surface area contributed by atoms with Crippen LogP contribution in [-0.4, -0.2) is 43.1 Å². The maximum absolute atomic E-state index is 11.8. The van der Waals surface area contributed by atoms with Gasteiger partial charge in [-0.15, -0.1) is 0 Å². The number of nitriles is 1. The van der Waals surface area contributed by atoms with Crippen molar-refractivity contribution in [1.29, 1.82) is 5.26 Å². The van der Waals surface area contributed by atoms with Gasteiger partial charge in [0, 0.05) is 34.6 Å². The summed E-state index contributed by atoms with van der Waals surface area (Å²) in [6.45, 7) is 1.14. The van der Waals surface area contributed by atoms with Crippen molar-refractivity contribution in [3.8, 4) is 6.07 Å². The Labute approximate surface area is 127 Å². The molecule has 1 N–H and O–H groups in total. The van der Waals surface area contributed by atoms with Gasteiger partial charge in [-0.2, -0.15) is 5.26 Å². The molecule has 0 atom stereocenters. The number of hydrogen-bond acceptors (Lipinski definition) is 4. The van der Waals surface area contributed by atoms with E-state index in [2.05, 4.69) is 0 Å². The van der Waals surface area contributed by atoms with Crippen LogP contribution in [0.4, 0.5) is 0 Å². The summed E-state index contributed by atoms with van der Waals surface area (Å²) in [6.07, 6.45) is 0. The summed E-state index contributed by atoms with van der Waals surface area (Å²) in [6, 6.07) is 6.81. The minimum atomic E-state index is -3.96. The molecule has 0 heterocycles. The Morgan fingerprint density at radius 2 is 1.82 bits per heavy atom. The van der Waals surface area contributed by atoms with Gasteiger partial charge in [-0.25, -0.2) is 8.42 Å². The maximum atomic E-state index is 11.8. The van der Waals surface area contributed by atoms with Crippen LogP contribution in [0.15, 0.2) is 39.8 Å². The molecule has 0 amide bonds. The van der Waals surface area contributed by atoms with Gasteiger partial charge in [-0.05, 0) is 31.2 Å². The van der Waals surface area contributed by atoms with Gasteiger partial charge in [0.15, 0.2) is 4.91 Å². The summed E-state index contributed by atoms with van der Waals surface area (Å²) in [4.78, 5) is -0.739. The fourth-order valence-electron chi connectivity index (χ4n) is 1.07. The molecule has 1 radical (unpaired) electrons. The van der Waals surface area contributed by atoms with Gasteiger partial charge in [-0.3, -0.25) is 0 Å². The molecule has 0 saturated carbocycles. The number of benzene rings is 1. The molecule has 7 heteroatoms. The quantitative estimate of drug-likeness (QED) is 0.511. The van der Waals surface area contributed by atoms with Gasteiger partial charge >= 0.3 is 0 Å². The number of aliphatic hydroxyl groups excluding tert-OH is 1. The summed E-state index contributed by atoms with van der Waals surface area (Å²) in [5, 5.41) is 18.2. The van der Waals surface area contributed by atoms with Crippen LogP contribution >= 0.6 is 11.6 Å². The summed E-state index contributed by atoms with van der Waals surface area (Å²) in [5.41, 5.74) is 0. The fraction of sp³-hybridized carbons (Fsp3) is 0.100. The largest absolute Gasteiger partial charge is 0.510 e. The van der Waals surface area contributed by atoms with E-state index in [9.17, 15) is 8.42 Å². The van der Waals surface area contributed by atoms with E-state index < -0.39 is 20.5 Å². The van der Waals surface area contributed by atoms with E-state index in [0.29, 0.717) is 5.02 Å². The van der Waals surface area contributed by atoms with Crippen molar-refractivity contribution >= 4 is 51.0 Å². The van der Waals surface area contributed by atoms with E-state index >= 15 is 0 Å². The predicted octanol–water partition coefficient (Wildman–Crippen LogP) is 2.05. The van der Waals surface area contributed by atoms with Gasteiger partial charge in [-0.1, -0.05) is 11.6 Å². The molecule has 0 saturated heterocycles. The number of aliphatic hydroxyl groups is 1. The second-order valence-electron chi connectivity index (χ2n) is 2.98. The van der Waals surface area contributed by atoms with Crippen LogP contribution in [0.2, 0.25) is 5.02 Å². The number of hydrogen-bond donors (Lipinski definition) is 1. The molecule has 17 heavy (non-hydrogen) atoms. The van der Waals surface area contributed by atoms with E-state index in [4.69, 9.17) is 22.0 Å². The van der Waals surface area contributed by atoms with Crippen LogP contribution in [0, 0.1) is 11.3 Å². The molecule has 1 aromatic carbocycles. The molecular weight excluding hydrogens is 273 g/mol. The molecule has 1 rings (SSSR count). The summed E-state index contributed by atoms with van der Waals surface area (Å²) in [5.74, 6) is -0.530. The van der Waals surface area contributed by atoms with Crippen LogP contribution in [0.5, 0.6) is 0 Å². The third-order valence-electron chi connectivity index (χ3n) is 1.82. The van der Waals surface area contributed by atoms with Crippen molar-refractivity contribution in [2.75, 3.05) is 0 Å². The first-order valence-corrected chi connectivity index (χ1v) is 6.06. The van der Waals surface area contributed by atoms with Crippen molar-refractivity contribution < 1.29 is 13.5 Å². The second-order valence-corrected chi connectivity index (χ2v) is 5.31. The van der Waals surface area contributed by atoms with Crippen molar-refractivity contribution in [1.82, 2.24) is 0 Å². The average Bonchev–Trinajstić information content (AvgIpc) is 2.18. The molecule has 0 fully saturated rings. The van der Waals surface area contributed by atoms with E-state index in [1.54, 1.807) is 0 Å². The zero-order valence-electron chi connectivity index (χ0n) is 9.31. The maximum Gasteiger partial charge on any atom is 0.219 e. The smallest absolute Gasteiger partial charge is 0.219 e. The first-order chi connectivity index (χ1) is 7.39. The Hall–Kier alpha value is -0.510. The van der Waals surface area contributed by atoms with Crippen molar-refractivity contribution in [2.45, 2.75) is 11.8 Å². The predicted molar refractivity (Wildman–Crippen MR) is 65.3 cm³/mol. The minimum absolute atomic E-state index is 0. The Morgan fingerprint density at radius 3 is 2.18 bits per heavy atom. The zero-order valence-corrected chi connectivity index (χ0v) is 12.9. The Balaban J connectivity index is 0.00000256. The molecule has 0 unspecified atom stereocenters. The molecule has 4 nitrogen and oxygen atoms in total. The average molecular weight is 281 g/mol. The van der Waals surface area contributed by atoms with Crippen LogP contribution in [0.25, 0.3) is 0 Å². The zero-order chi connectivity index (χ0) is 12.3. The molecule has 0 bridgehead atoms. The molecule has 0 spiro atoms. The molecule has 85 valence electrons. The number of halogens is 1. The van der Waals surface area contributed by atoms with E-state index in [-0.39, 0.29) is 34.5 Å². The van der Waals surface area contributed by atoms with E-state index in [1.807, 2.05) is 0 Å². The van der Waals surface area contributed by atoms with Crippen molar-refractivity contribution in [3.05, 3.63) is 40.0 Å². The molecule has 0 aromatic heterocycles. The molecule has 0 aliphatic carbocycles. The van der Waals surface area contributed by atoms with Crippen molar-refractivity contribution in [3.63, 3.8) is 0 Å².